The molecule has 1 atom stereocenters. The van der Waals surface area contributed by atoms with Gasteiger partial charge in [0, 0.05) is 23.5 Å². The molecular weight excluding hydrogens is 246 g/mol. The van der Waals surface area contributed by atoms with E-state index in [1.807, 2.05) is 6.92 Å². The van der Waals surface area contributed by atoms with Crippen LogP contribution in [-0.4, -0.2) is 33.1 Å². The van der Waals surface area contributed by atoms with Gasteiger partial charge in [-0.1, -0.05) is 6.92 Å². The average Bonchev–Trinajstić information content (AvgIpc) is 2.31. The predicted molar refractivity (Wildman–Crippen MR) is 72.0 cm³/mol. The summed E-state index contributed by atoms with van der Waals surface area (Å²) in [6.45, 7) is 7.17. The number of carbonyl (C=O) groups is 1. The third kappa shape index (κ3) is 4.48. The molecule has 0 aromatic carbocycles. The van der Waals surface area contributed by atoms with Crippen molar-refractivity contribution < 1.29 is 9.90 Å². The molecule has 1 aromatic heterocycles. The van der Waals surface area contributed by atoms with Crippen molar-refractivity contribution in [2.75, 3.05) is 6.54 Å². The van der Waals surface area contributed by atoms with Gasteiger partial charge in [0.2, 0.25) is 5.91 Å². The van der Waals surface area contributed by atoms with Crippen LogP contribution in [0.2, 0.25) is 0 Å². The lowest BCUT2D eigenvalue weighted by atomic mass is 10.0. The summed E-state index contributed by atoms with van der Waals surface area (Å²) >= 11 is 0. The van der Waals surface area contributed by atoms with E-state index in [9.17, 15) is 14.7 Å². The first-order valence-electron chi connectivity index (χ1n) is 6.30. The summed E-state index contributed by atoms with van der Waals surface area (Å²) in [5, 5.41) is 12.5. The lowest BCUT2D eigenvalue weighted by Gasteiger charge is -2.21. The van der Waals surface area contributed by atoms with Crippen LogP contribution in [0.5, 0.6) is 0 Å². The van der Waals surface area contributed by atoms with Crippen molar-refractivity contribution >= 4 is 5.91 Å². The lowest BCUT2D eigenvalue weighted by molar-refractivity contribution is -0.121. The summed E-state index contributed by atoms with van der Waals surface area (Å²) in [5.41, 5.74) is 0.609. The number of aliphatic hydroxyl groups is 1. The minimum atomic E-state index is -0.900. The van der Waals surface area contributed by atoms with Crippen LogP contribution in [0.25, 0.3) is 0 Å². The number of nitrogens with one attached hydrogen (secondary N) is 2. The summed E-state index contributed by atoms with van der Waals surface area (Å²) in [7, 11) is 0. The summed E-state index contributed by atoms with van der Waals surface area (Å²) < 4.78 is 0. The average molecular weight is 267 g/mol. The predicted octanol–water partition coefficient (Wildman–Crippen LogP) is 0.206. The van der Waals surface area contributed by atoms with Gasteiger partial charge in [-0.3, -0.25) is 4.79 Å². The molecule has 6 nitrogen and oxygen atoms in total. The molecule has 0 fully saturated rings. The smallest absolute Gasteiger partial charge is 0.345 e. The molecule has 1 amide bonds. The SMILES string of the molecule is CCC(C)(O)CNC(=O)Cc1c(C)nc(=O)[nH]c1C. The van der Waals surface area contributed by atoms with E-state index < -0.39 is 11.3 Å². The first-order valence-corrected chi connectivity index (χ1v) is 6.30. The Bertz CT molecular complexity index is 494. The van der Waals surface area contributed by atoms with Gasteiger partial charge < -0.3 is 15.4 Å². The van der Waals surface area contributed by atoms with E-state index in [2.05, 4.69) is 15.3 Å². The quantitative estimate of drug-likeness (QED) is 0.710. The third-order valence-corrected chi connectivity index (χ3v) is 3.22. The van der Waals surface area contributed by atoms with E-state index in [4.69, 9.17) is 0 Å². The second-order valence-corrected chi connectivity index (χ2v) is 5.03. The molecule has 1 rings (SSSR count). The highest BCUT2D eigenvalue weighted by Gasteiger charge is 2.19. The Morgan fingerprint density at radius 2 is 2.11 bits per heavy atom. The second kappa shape index (κ2) is 5.97. The van der Waals surface area contributed by atoms with Gasteiger partial charge in [0.05, 0.1) is 12.0 Å². The molecule has 1 heterocycles. The van der Waals surface area contributed by atoms with Crippen molar-refractivity contribution in [1.29, 1.82) is 0 Å². The molecule has 19 heavy (non-hydrogen) atoms. The summed E-state index contributed by atoms with van der Waals surface area (Å²) in [5.74, 6) is -0.200. The number of rotatable bonds is 5. The molecule has 0 saturated heterocycles. The van der Waals surface area contributed by atoms with Crippen LogP contribution >= 0.6 is 0 Å². The molecule has 0 bridgehead atoms. The molecular formula is C13H21N3O3. The number of nitrogens with zero attached hydrogens (tertiary/aromatic N) is 1. The molecule has 6 heteroatoms. The van der Waals surface area contributed by atoms with Crippen molar-refractivity contribution in [3.05, 3.63) is 27.4 Å². The fraction of sp³-hybridized carbons (Fsp3) is 0.615. The Labute approximate surface area is 112 Å². The van der Waals surface area contributed by atoms with Gasteiger partial charge in [0.15, 0.2) is 0 Å². The maximum Gasteiger partial charge on any atom is 0.345 e. The zero-order chi connectivity index (χ0) is 14.6. The van der Waals surface area contributed by atoms with Crippen LogP contribution in [0.1, 0.15) is 37.2 Å². The standard InChI is InChI=1S/C13H21N3O3/c1-5-13(4,19)7-14-11(17)6-10-8(2)15-12(18)16-9(10)3/h19H,5-7H2,1-4H3,(H,14,17)(H,15,16,18). The van der Waals surface area contributed by atoms with Crippen LogP contribution in [0.3, 0.4) is 0 Å². The van der Waals surface area contributed by atoms with Gasteiger partial charge in [0.25, 0.3) is 0 Å². The molecule has 0 spiro atoms. The Balaban J connectivity index is 2.71. The summed E-state index contributed by atoms with van der Waals surface area (Å²) in [6, 6.07) is 0. The molecule has 0 aliphatic heterocycles. The van der Waals surface area contributed by atoms with Crippen LogP contribution in [0, 0.1) is 13.8 Å². The molecule has 0 radical (unpaired) electrons. The molecule has 1 unspecified atom stereocenters. The van der Waals surface area contributed by atoms with E-state index in [1.165, 1.54) is 0 Å². The number of H-pyrrole nitrogens is 1. The zero-order valence-electron chi connectivity index (χ0n) is 11.8. The van der Waals surface area contributed by atoms with Gasteiger partial charge in [-0.05, 0) is 27.2 Å². The van der Waals surface area contributed by atoms with E-state index >= 15 is 0 Å². The topological polar surface area (TPSA) is 95.1 Å². The number of hydrogen-bond acceptors (Lipinski definition) is 4. The number of aromatic nitrogens is 2. The van der Waals surface area contributed by atoms with Crippen molar-refractivity contribution in [3.63, 3.8) is 0 Å². The second-order valence-electron chi connectivity index (χ2n) is 5.03. The number of hydrogen-bond donors (Lipinski definition) is 3. The van der Waals surface area contributed by atoms with Gasteiger partial charge in [0.1, 0.15) is 0 Å². The monoisotopic (exact) mass is 267 g/mol. The van der Waals surface area contributed by atoms with Gasteiger partial charge in [-0.2, -0.15) is 4.98 Å². The lowest BCUT2D eigenvalue weighted by Crippen LogP contribution is -2.40. The number of carbonyl (C=O) groups excluding carboxylic acids is 1. The number of amides is 1. The normalized spacial score (nSPS) is 13.9. The largest absolute Gasteiger partial charge is 0.388 e. The van der Waals surface area contributed by atoms with Crippen molar-refractivity contribution in [2.45, 2.75) is 46.1 Å². The Kier molecular flexibility index (Phi) is 4.83. The van der Waals surface area contributed by atoms with E-state index in [0.29, 0.717) is 23.4 Å². The third-order valence-electron chi connectivity index (χ3n) is 3.22. The minimum absolute atomic E-state index is 0.140. The highest BCUT2D eigenvalue weighted by Crippen LogP contribution is 2.09. The van der Waals surface area contributed by atoms with Crippen molar-refractivity contribution in [3.8, 4) is 0 Å². The highest BCUT2D eigenvalue weighted by atomic mass is 16.3. The zero-order valence-corrected chi connectivity index (χ0v) is 11.8. The molecule has 3 N–H and O–H groups in total. The molecule has 0 aliphatic carbocycles. The molecule has 1 aromatic rings. The molecule has 0 saturated carbocycles. The maximum absolute atomic E-state index is 11.8. The minimum Gasteiger partial charge on any atom is -0.388 e. The fourth-order valence-corrected chi connectivity index (χ4v) is 1.65. The van der Waals surface area contributed by atoms with Crippen molar-refractivity contribution in [1.82, 2.24) is 15.3 Å². The first-order chi connectivity index (χ1) is 8.75. The van der Waals surface area contributed by atoms with E-state index in [1.54, 1.807) is 20.8 Å². The first kappa shape index (κ1) is 15.4. The van der Waals surface area contributed by atoms with Gasteiger partial charge in [-0.25, -0.2) is 4.79 Å². The Hall–Kier alpha value is -1.69. The highest BCUT2D eigenvalue weighted by molar-refractivity contribution is 5.79. The van der Waals surface area contributed by atoms with E-state index in [0.717, 1.165) is 0 Å². The van der Waals surface area contributed by atoms with Crippen LogP contribution in [0.4, 0.5) is 0 Å². The fourth-order valence-electron chi connectivity index (χ4n) is 1.65. The van der Waals surface area contributed by atoms with Gasteiger partial charge in [-0.15, -0.1) is 0 Å². The number of aromatic amines is 1. The summed E-state index contributed by atoms with van der Waals surface area (Å²) in [4.78, 5) is 29.3. The molecule has 106 valence electrons. The van der Waals surface area contributed by atoms with Crippen LogP contribution < -0.4 is 11.0 Å². The van der Waals surface area contributed by atoms with Crippen LogP contribution in [-0.2, 0) is 11.2 Å². The van der Waals surface area contributed by atoms with Crippen LogP contribution in [0.15, 0.2) is 4.79 Å². The Morgan fingerprint density at radius 3 is 2.63 bits per heavy atom. The molecule has 0 aliphatic rings. The Morgan fingerprint density at radius 1 is 1.47 bits per heavy atom. The summed E-state index contributed by atoms with van der Waals surface area (Å²) in [6.07, 6.45) is 0.701. The number of aryl methyl sites for hydroxylation is 2. The maximum atomic E-state index is 11.8. The van der Waals surface area contributed by atoms with E-state index in [-0.39, 0.29) is 18.9 Å². The van der Waals surface area contributed by atoms with Gasteiger partial charge >= 0.3 is 5.69 Å². The van der Waals surface area contributed by atoms with Crippen molar-refractivity contribution in [2.24, 2.45) is 0 Å².